The number of aliphatic hydroxyl groups excluding tert-OH is 1. The Morgan fingerprint density at radius 1 is 1.27 bits per heavy atom. The lowest BCUT2D eigenvalue weighted by Gasteiger charge is -2.07. The van der Waals surface area contributed by atoms with Crippen LogP contribution in [0.4, 0.5) is 0 Å². The van der Waals surface area contributed by atoms with Crippen molar-refractivity contribution in [3.8, 4) is 0 Å². The summed E-state index contributed by atoms with van der Waals surface area (Å²) >= 11 is 0. The van der Waals surface area contributed by atoms with Gasteiger partial charge in [0.25, 0.3) is 0 Å². The monoisotopic (exact) mass is 150 g/mol. The summed E-state index contributed by atoms with van der Waals surface area (Å²) in [5.74, 6) is 0. The summed E-state index contributed by atoms with van der Waals surface area (Å²) < 4.78 is 0. The van der Waals surface area contributed by atoms with Crippen LogP contribution in [0.25, 0.3) is 0 Å². The molecule has 0 bridgehead atoms. The van der Waals surface area contributed by atoms with Crippen molar-refractivity contribution in [2.75, 3.05) is 6.61 Å². The summed E-state index contributed by atoms with van der Waals surface area (Å²) in [4.78, 5) is 0. The van der Waals surface area contributed by atoms with Crippen molar-refractivity contribution < 1.29 is 5.11 Å². The van der Waals surface area contributed by atoms with Gasteiger partial charge in [0.1, 0.15) is 0 Å². The SMILES string of the molecule is [NH]C(CCO)c1ccccc1. The molecule has 1 atom stereocenters. The molecule has 0 saturated heterocycles. The van der Waals surface area contributed by atoms with E-state index in [2.05, 4.69) is 0 Å². The Balaban J connectivity index is 2.61. The first kappa shape index (κ1) is 8.24. The Bertz CT molecular complexity index is 198. The van der Waals surface area contributed by atoms with Gasteiger partial charge in [0, 0.05) is 12.6 Å². The molecule has 1 aromatic carbocycles. The molecule has 0 aliphatic carbocycles. The molecule has 0 fully saturated rings. The molecule has 59 valence electrons. The van der Waals surface area contributed by atoms with Crippen LogP contribution in [0.3, 0.4) is 0 Å². The Labute approximate surface area is 66.7 Å². The fourth-order valence-corrected chi connectivity index (χ4v) is 0.981. The van der Waals surface area contributed by atoms with Crippen molar-refractivity contribution in [2.24, 2.45) is 0 Å². The molecule has 0 heterocycles. The van der Waals surface area contributed by atoms with Crippen LogP contribution in [0.15, 0.2) is 30.3 Å². The maximum atomic E-state index is 8.58. The quantitative estimate of drug-likeness (QED) is 0.695. The van der Waals surface area contributed by atoms with Crippen molar-refractivity contribution in [1.29, 1.82) is 0 Å². The molecule has 0 saturated carbocycles. The zero-order valence-electron chi connectivity index (χ0n) is 6.33. The lowest BCUT2D eigenvalue weighted by Crippen LogP contribution is -2.01. The highest BCUT2D eigenvalue weighted by atomic mass is 16.3. The molecule has 2 N–H and O–H groups in total. The fourth-order valence-electron chi connectivity index (χ4n) is 0.981. The topological polar surface area (TPSA) is 44.0 Å². The van der Waals surface area contributed by atoms with Gasteiger partial charge in [-0.25, -0.2) is 5.73 Å². The minimum Gasteiger partial charge on any atom is -0.396 e. The molecule has 1 unspecified atom stereocenters. The van der Waals surface area contributed by atoms with Gasteiger partial charge in [0.15, 0.2) is 0 Å². The first-order valence-corrected chi connectivity index (χ1v) is 3.71. The molecule has 0 aliphatic heterocycles. The average Bonchev–Trinajstić information content (AvgIpc) is 2.07. The van der Waals surface area contributed by atoms with E-state index in [-0.39, 0.29) is 12.6 Å². The molecule has 2 heteroatoms. The molecule has 1 aromatic rings. The number of benzene rings is 1. The second kappa shape index (κ2) is 4.11. The molecule has 0 amide bonds. The zero-order valence-corrected chi connectivity index (χ0v) is 6.33. The van der Waals surface area contributed by atoms with Crippen molar-refractivity contribution in [1.82, 2.24) is 5.73 Å². The predicted molar refractivity (Wildman–Crippen MR) is 44.0 cm³/mol. The van der Waals surface area contributed by atoms with Gasteiger partial charge in [-0.15, -0.1) is 0 Å². The third-order valence-corrected chi connectivity index (χ3v) is 1.62. The minimum absolute atomic E-state index is 0.0864. The van der Waals surface area contributed by atoms with Gasteiger partial charge in [-0.05, 0) is 12.0 Å². The Morgan fingerprint density at radius 2 is 1.91 bits per heavy atom. The van der Waals surface area contributed by atoms with Crippen LogP contribution in [-0.4, -0.2) is 11.7 Å². The highest BCUT2D eigenvalue weighted by Gasteiger charge is 2.03. The van der Waals surface area contributed by atoms with Crippen molar-refractivity contribution in [3.63, 3.8) is 0 Å². The van der Waals surface area contributed by atoms with Gasteiger partial charge >= 0.3 is 0 Å². The Kier molecular flexibility index (Phi) is 3.08. The summed E-state index contributed by atoms with van der Waals surface area (Å²) in [6.45, 7) is 0.0864. The lowest BCUT2D eigenvalue weighted by atomic mass is 10.1. The van der Waals surface area contributed by atoms with Crippen molar-refractivity contribution in [2.45, 2.75) is 12.5 Å². The van der Waals surface area contributed by atoms with E-state index in [1.54, 1.807) is 0 Å². The molecule has 11 heavy (non-hydrogen) atoms. The van der Waals surface area contributed by atoms with E-state index in [9.17, 15) is 0 Å². The van der Waals surface area contributed by atoms with E-state index in [1.165, 1.54) is 0 Å². The number of hydrogen-bond acceptors (Lipinski definition) is 1. The number of hydrogen-bond donors (Lipinski definition) is 1. The first-order valence-electron chi connectivity index (χ1n) is 3.71. The van der Waals surface area contributed by atoms with Crippen LogP contribution in [-0.2, 0) is 0 Å². The minimum atomic E-state index is -0.277. The second-order valence-corrected chi connectivity index (χ2v) is 2.48. The van der Waals surface area contributed by atoms with Crippen LogP contribution in [0, 0.1) is 0 Å². The Hall–Kier alpha value is -0.860. The molecule has 0 aliphatic rings. The van der Waals surface area contributed by atoms with E-state index < -0.39 is 0 Å². The third-order valence-electron chi connectivity index (χ3n) is 1.62. The molecule has 1 rings (SSSR count). The van der Waals surface area contributed by atoms with Crippen LogP contribution >= 0.6 is 0 Å². The smallest absolute Gasteiger partial charge is 0.0484 e. The summed E-state index contributed by atoms with van der Waals surface area (Å²) in [5, 5.41) is 8.58. The standard InChI is InChI=1S/C9H12NO/c10-9(6-7-11)8-4-2-1-3-5-8/h1-5,9-11H,6-7H2. The van der Waals surface area contributed by atoms with E-state index >= 15 is 0 Å². The molecular formula is C9H12NO. The fraction of sp³-hybridized carbons (Fsp3) is 0.333. The van der Waals surface area contributed by atoms with Crippen LogP contribution in [0.2, 0.25) is 0 Å². The van der Waals surface area contributed by atoms with Gasteiger partial charge in [0.05, 0.1) is 0 Å². The third kappa shape index (κ3) is 2.33. The van der Waals surface area contributed by atoms with Crippen molar-refractivity contribution >= 4 is 0 Å². The van der Waals surface area contributed by atoms with E-state index in [0.717, 1.165) is 5.56 Å². The van der Waals surface area contributed by atoms with E-state index in [1.807, 2.05) is 30.3 Å². The molecule has 2 nitrogen and oxygen atoms in total. The molecule has 1 radical (unpaired) electrons. The summed E-state index contributed by atoms with van der Waals surface area (Å²) in [7, 11) is 0. The van der Waals surface area contributed by atoms with E-state index in [4.69, 9.17) is 10.8 Å². The molecule has 0 aromatic heterocycles. The van der Waals surface area contributed by atoms with Crippen LogP contribution < -0.4 is 5.73 Å². The first-order chi connectivity index (χ1) is 5.34. The molecular weight excluding hydrogens is 138 g/mol. The normalized spacial score (nSPS) is 12.9. The molecule has 0 spiro atoms. The highest BCUT2D eigenvalue weighted by Crippen LogP contribution is 2.13. The van der Waals surface area contributed by atoms with Gasteiger partial charge in [-0.1, -0.05) is 30.3 Å². The van der Waals surface area contributed by atoms with Crippen molar-refractivity contribution in [3.05, 3.63) is 35.9 Å². The Morgan fingerprint density at radius 3 is 2.45 bits per heavy atom. The zero-order chi connectivity index (χ0) is 8.10. The number of rotatable bonds is 3. The summed E-state index contributed by atoms with van der Waals surface area (Å²) in [6, 6.07) is 9.29. The second-order valence-electron chi connectivity index (χ2n) is 2.48. The van der Waals surface area contributed by atoms with E-state index in [0.29, 0.717) is 6.42 Å². The van der Waals surface area contributed by atoms with Crippen LogP contribution in [0.5, 0.6) is 0 Å². The number of nitrogens with one attached hydrogen (secondary N) is 1. The maximum absolute atomic E-state index is 8.58. The van der Waals surface area contributed by atoms with Crippen LogP contribution in [0.1, 0.15) is 18.0 Å². The predicted octanol–water partition coefficient (Wildman–Crippen LogP) is 1.39. The van der Waals surface area contributed by atoms with Gasteiger partial charge in [-0.2, -0.15) is 0 Å². The largest absolute Gasteiger partial charge is 0.396 e. The lowest BCUT2D eigenvalue weighted by molar-refractivity contribution is 0.275. The van der Waals surface area contributed by atoms with Gasteiger partial charge in [0.2, 0.25) is 0 Å². The average molecular weight is 150 g/mol. The maximum Gasteiger partial charge on any atom is 0.0484 e. The highest BCUT2D eigenvalue weighted by molar-refractivity contribution is 5.17. The summed E-state index contributed by atoms with van der Waals surface area (Å²) in [6.07, 6.45) is 0.518. The summed E-state index contributed by atoms with van der Waals surface area (Å²) in [5.41, 5.74) is 8.53. The van der Waals surface area contributed by atoms with Gasteiger partial charge < -0.3 is 5.11 Å². The van der Waals surface area contributed by atoms with Gasteiger partial charge in [-0.3, -0.25) is 0 Å². The number of aliphatic hydroxyl groups is 1.